The van der Waals surface area contributed by atoms with Crippen LogP contribution in [0.25, 0.3) is 21.5 Å². The second-order valence-corrected chi connectivity index (χ2v) is 9.16. The number of benzene rings is 2. The number of carbonyl (C=O) groups excluding carboxylic acids is 1. The van der Waals surface area contributed by atoms with Gasteiger partial charge in [-0.3, -0.25) is 10.1 Å². The summed E-state index contributed by atoms with van der Waals surface area (Å²) in [5.41, 5.74) is 3.94. The number of carbonyl (C=O) groups is 1. The summed E-state index contributed by atoms with van der Waals surface area (Å²) in [6.07, 6.45) is 0. The number of anilines is 1. The van der Waals surface area contributed by atoms with Gasteiger partial charge >= 0.3 is 0 Å². The number of amides is 1. The first kappa shape index (κ1) is 19.9. The van der Waals surface area contributed by atoms with Crippen molar-refractivity contribution in [3.05, 3.63) is 93.5 Å². The van der Waals surface area contributed by atoms with E-state index < -0.39 is 0 Å². The van der Waals surface area contributed by atoms with Gasteiger partial charge in [-0.1, -0.05) is 35.9 Å². The number of hydrogen-bond donors (Lipinski definition) is 1. The maximum absolute atomic E-state index is 13.7. The highest BCUT2D eigenvalue weighted by molar-refractivity contribution is 7.17. The number of aromatic nitrogens is 2. The van der Waals surface area contributed by atoms with E-state index in [9.17, 15) is 9.18 Å². The van der Waals surface area contributed by atoms with Crippen molar-refractivity contribution in [3.63, 3.8) is 0 Å². The van der Waals surface area contributed by atoms with Gasteiger partial charge in [-0.25, -0.2) is 9.37 Å². The molecule has 0 aliphatic rings. The third kappa shape index (κ3) is 4.12. The van der Waals surface area contributed by atoms with Crippen LogP contribution < -0.4 is 5.32 Å². The minimum atomic E-state index is -0.297. The molecule has 4 nitrogen and oxygen atoms in total. The van der Waals surface area contributed by atoms with Crippen LogP contribution in [0.3, 0.4) is 0 Å². The molecule has 3 heterocycles. The average molecular weight is 468 g/mol. The van der Waals surface area contributed by atoms with Crippen molar-refractivity contribution in [3.8, 4) is 11.3 Å². The van der Waals surface area contributed by atoms with Crippen LogP contribution in [0.4, 0.5) is 9.52 Å². The molecule has 0 fully saturated rings. The van der Waals surface area contributed by atoms with Gasteiger partial charge in [-0.15, -0.1) is 22.7 Å². The first-order valence-electron chi connectivity index (χ1n) is 9.41. The molecule has 31 heavy (non-hydrogen) atoms. The lowest BCUT2D eigenvalue weighted by atomic mass is 10.2. The van der Waals surface area contributed by atoms with E-state index in [1.54, 1.807) is 29.5 Å². The van der Waals surface area contributed by atoms with Gasteiger partial charge in [0.2, 0.25) is 0 Å². The molecule has 0 saturated heterocycles. The van der Waals surface area contributed by atoms with E-state index in [-0.39, 0.29) is 11.7 Å². The summed E-state index contributed by atoms with van der Waals surface area (Å²) in [6, 6.07) is 17.6. The zero-order valence-corrected chi connectivity index (χ0v) is 18.4. The summed E-state index contributed by atoms with van der Waals surface area (Å²) >= 11 is 8.87. The summed E-state index contributed by atoms with van der Waals surface area (Å²) in [5.74, 6) is -0.549. The van der Waals surface area contributed by atoms with Gasteiger partial charge in [0.05, 0.1) is 15.9 Å². The van der Waals surface area contributed by atoms with Crippen molar-refractivity contribution in [2.75, 3.05) is 5.32 Å². The normalized spacial score (nSPS) is 11.2. The number of thiazole rings is 1. The lowest BCUT2D eigenvalue weighted by Crippen LogP contribution is -2.17. The molecule has 2 aromatic carbocycles. The van der Waals surface area contributed by atoms with Crippen LogP contribution in [-0.4, -0.2) is 15.5 Å². The Labute approximate surface area is 190 Å². The molecule has 0 radical (unpaired) electrons. The average Bonchev–Trinajstić information content (AvgIpc) is 3.46. The van der Waals surface area contributed by atoms with Crippen molar-refractivity contribution < 1.29 is 9.18 Å². The van der Waals surface area contributed by atoms with Crippen molar-refractivity contribution in [2.24, 2.45) is 0 Å². The number of hydrogen-bond acceptors (Lipinski definition) is 4. The van der Waals surface area contributed by atoms with Gasteiger partial charge in [0.25, 0.3) is 5.91 Å². The van der Waals surface area contributed by atoms with Gasteiger partial charge in [-0.2, -0.15) is 0 Å². The zero-order valence-electron chi connectivity index (χ0n) is 16.0. The second kappa shape index (κ2) is 8.26. The molecule has 0 spiro atoms. The summed E-state index contributed by atoms with van der Waals surface area (Å²) in [5, 5.41) is 7.94. The fourth-order valence-electron chi connectivity index (χ4n) is 3.40. The van der Waals surface area contributed by atoms with E-state index >= 15 is 0 Å². The fourth-order valence-corrected chi connectivity index (χ4v) is 5.06. The van der Waals surface area contributed by atoms with Crippen LogP contribution in [0, 0.1) is 5.82 Å². The van der Waals surface area contributed by atoms with Crippen molar-refractivity contribution in [1.29, 1.82) is 0 Å². The van der Waals surface area contributed by atoms with Gasteiger partial charge in [0.1, 0.15) is 11.5 Å². The van der Waals surface area contributed by atoms with Crippen LogP contribution in [0.5, 0.6) is 0 Å². The molecular weight excluding hydrogens is 453 g/mol. The van der Waals surface area contributed by atoms with E-state index in [1.165, 1.54) is 23.5 Å². The maximum Gasteiger partial charge on any atom is 0.274 e. The molecule has 1 N–H and O–H groups in total. The number of thiophene rings is 1. The number of rotatable bonds is 5. The van der Waals surface area contributed by atoms with Gasteiger partial charge in [0.15, 0.2) is 5.13 Å². The molecule has 1 amide bonds. The molecule has 154 valence electrons. The molecule has 0 aliphatic heterocycles. The predicted octanol–water partition coefficient (Wildman–Crippen LogP) is 6.92. The Bertz CT molecular complexity index is 1390. The first-order valence-corrected chi connectivity index (χ1v) is 11.5. The Hall–Kier alpha value is -3.00. The van der Waals surface area contributed by atoms with Crippen molar-refractivity contribution >= 4 is 55.5 Å². The molecule has 8 heteroatoms. The van der Waals surface area contributed by atoms with Crippen LogP contribution in [0.1, 0.15) is 16.1 Å². The van der Waals surface area contributed by atoms with Crippen LogP contribution >= 0.6 is 34.3 Å². The summed E-state index contributed by atoms with van der Waals surface area (Å²) in [7, 11) is 0. The van der Waals surface area contributed by atoms with Crippen molar-refractivity contribution in [1.82, 2.24) is 9.55 Å². The molecule has 3 aromatic heterocycles. The summed E-state index contributed by atoms with van der Waals surface area (Å²) in [6.45, 7) is 0.397. The Morgan fingerprint density at radius 3 is 2.74 bits per heavy atom. The number of halogens is 2. The Morgan fingerprint density at radius 1 is 1.10 bits per heavy atom. The quantitative estimate of drug-likeness (QED) is 0.305. The van der Waals surface area contributed by atoms with E-state index in [4.69, 9.17) is 11.6 Å². The van der Waals surface area contributed by atoms with Crippen molar-refractivity contribution in [2.45, 2.75) is 6.54 Å². The highest BCUT2D eigenvalue weighted by atomic mass is 35.5. The first-order chi connectivity index (χ1) is 15.1. The lowest BCUT2D eigenvalue weighted by molar-refractivity contribution is 0.101. The third-order valence-electron chi connectivity index (χ3n) is 4.85. The predicted molar refractivity (Wildman–Crippen MR) is 126 cm³/mol. The summed E-state index contributed by atoms with van der Waals surface area (Å²) in [4.78, 5) is 17.6. The Kier molecular flexibility index (Phi) is 5.31. The number of nitrogens with zero attached hydrogens (tertiary/aromatic N) is 2. The molecule has 0 bridgehead atoms. The molecule has 0 atom stereocenters. The minimum Gasteiger partial charge on any atom is -0.331 e. The van der Waals surface area contributed by atoms with Crippen LogP contribution in [0.15, 0.2) is 71.4 Å². The highest BCUT2D eigenvalue weighted by Crippen LogP contribution is 2.29. The van der Waals surface area contributed by atoms with Gasteiger partial charge < -0.3 is 4.57 Å². The molecule has 0 aliphatic carbocycles. The highest BCUT2D eigenvalue weighted by Gasteiger charge is 2.18. The smallest absolute Gasteiger partial charge is 0.274 e. The SMILES string of the molecule is O=C(Nc1nc(-c2ccc(Cl)cc2)cs1)c1cc2sccc2n1Cc1cccc(F)c1. The maximum atomic E-state index is 13.7. The minimum absolute atomic E-state index is 0.253. The number of fused-ring (bicyclic) bond motifs is 1. The van der Waals surface area contributed by atoms with E-state index in [0.717, 1.165) is 27.0 Å². The molecule has 0 saturated carbocycles. The zero-order chi connectivity index (χ0) is 21.4. The van der Waals surface area contributed by atoms with Crippen LogP contribution in [-0.2, 0) is 6.54 Å². The lowest BCUT2D eigenvalue weighted by Gasteiger charge is -2.10. The van der Waals surface area contributed by atoms with Gasteiger partial charge in [0, 0.05) is 22.5 Å². The standard InChI is InChI=1S/C23H15ClFN3OS2/c24-16-6-4-15(5-7-16)18-13-31-23(26-18)27-22(29)20-11-21-19(8-9-30-21)28(20)12-14-2-1-3-17(25)10-14/h1-11,13H,12H2,(H,26,27,29). The topological polar surface area (TPSA) is 46.9 Å². The molecular formula is C23H15ClFN3OS2. The monoisotopic (exact) mass is 467 g/mol. The molecule has 0 unspecified atom stereocenters. The van der Waals surface area contributed by atoms with E-state index in [1.807, 2.05) is 45.7 Å². The van der Waals surface area contributed by atoms with Crippen LogP contribution in [0.2, 0.25) is 5.02 Å². The number of nitrogens with one attached hydrogen (secondary N) is 1. The Balaban J connectivity index is 1.42. The largest absolute Gasteiger partial charge is 0.331 e. The third-order valence-corrected chi connectivity index (χ3v) is 6.71. The van der Waals surface area contributed by atoms with E-state index in [0.29, 0.717) is 22.4 Å². The van der Waals surface area contributed by atoms with Gasteiger partial charge in [-0.05, 0) is 47.3 Å². The molecule has 5 rings (SSSR count). The Morgan fingerprint density at radius 2 is 1.94 bits per heavy atom. The summed E-state index contributed by atoms with van der Waals surface area (Å²) < 4.78 is 16.6. The fraction of sp³-hybridized carbons (Fsp3) is 0.0435. The van der Waals surface area contributed by atoms with E-state index in [2.05, 4.69) is 10.3 Å². The second-order valence-electron chi connectivity index (χ2n) is 6.91. The molecule has 5 aromatic rings.